The highest BCUT2D eigenvalue weighted by molar-refractivity contribution is 5.94. The molecule has 0 bridgehead atoms. The van der Waals surface area contributed by atoms with Crippen molar-refractivity contribution in [1.82, 2.24) is 15.1 Å². The Morgan fingerprint density at radius 3 is 2.35 bits per heavy atom. The lowest BCUT2D eigenvalue weighted by molar-refractivity contribution is 0.0303. The number of aromatic nitrogens is 2. The van der Waals surface area contributed by atoms with Gasteiger partial charge >= 0.3 is 0 Å². The number of halogens is 1. The predicted octanol–water partition coefficient (Wildman–Crippen LogP) is 3.36. The van der Waals surface area contributed by atoms with E-state index >= 15 is 0 Å². The first-order valence-electron chi connectivity index (χ1n) is 8.49. The second-order valence-corrected chi connectivity index (χ2v) is 6.16. The topological polar surface area (TPSA) is 58.2 Å². The van der Waals surface area contributed by atoms with Gasteiger partial charge in [0.05, 0.1) is 24.6 Å². The molecular weight excluding hydrogens is 333 g/mol. The average molecular weight is 351 g/mol. The number of hydrogen-bond donors (Lipinski definition) is 1. The van der Waals surface area contributed by atoms with E-state index in [0.717, 1.165) is 22.5 Å². The number of benzene rings is 2. The van der Waals surface area contributed by atoms with Gasteiger partial charge in [0.25, 0.3) is 5.91 Å². The van der Waals surface area contributed by atoms with Crippen LogP contribution in [-0.4, -0.2) is 47.3 Å². The summed E-state index contributed by atoms with van der Waals surface area (Å²) in [6, 6.07) is 15.6. The molecule has 3 aromatic rings. The number of aromatic amines is 1. The Morgan fingerprint density at radius 2 is 1.65 bits per heavy atom. The molecule has 4 rings (SSSR count). The van der Waals surface area contributed by atoms with Crippen LogP contribution < -0.4 is 0 Å². The number of amides is 1. The lowest BCUT2D eigenvalue weighted by Gasteiger charge is -2.26. The molecule has 1 amide bonds. The summed E-state index contributed by atoms with van der Waals surface area (Å²) in [5.74, 6) is -0.247. The summed E-state index contributed by atoms with van der Waals surface area (Å²) in [7, 11) is 0. The molecule has 0 radical (unpaired) electrons. The summed E-state index contributed by atoms with van der Waals surface area (Å²) >= 11 is 0. The van der Waals surface area contributed by atoms with E-state index < -0.39 is 0 Å². The Morgan fingerprint density at radius 1 is 1.00 bits per heavy atom. The molecule has 132 valence electrons. The van der Waals surface area contributed by atoms with Crippen LogP contribution in [-0.2, 0) is 4.74 Å². The lowest BCUT2D eigenvalue weighted by atomic mass is 10.1. The minimum Gasteiger partial charge on any atom is -0.378 e. The van der Waals surface area contributed by atoms with Gasteiger partial charge in [0, 0.05) is 24.2 Å². The van der Waals surface area contributed by atoms with Crippen molar-refractivity contribution < 1.29 is 13.9 Å². The SMILES string of the molecule is O=C(c1ccc(-c2cc(-c3ccc(F)cc3)[nH]n2)cc1)N1CCOCC1. The third-order valence-electron chi connectivity index (χ3n) is 4.46. The summed E-state index contributed by atoms with van der Waals surface area (Å²) in [6.45, 7) is 2.43. The van der Waals surface area contributed by atoms with E-state index in [4.69, 9.17) is 4.74 Å². The van der Waals surface area contributed by atoms with Gasteiger partial charge in [0.1, 0.15) is 5.82 Å². The maximum atomic E-state index is 13.0. The number of hydrogen-bond acceptors (Lipinski definition) is 3. The third kappa shape index (κ3) is 3.36. The molecule has 26 heavy (non-hydrogen) atoms. The van der Waals surface area contributed by atoms with E-state index in [1.54, 1.807) is 17.0 Å². The van der Waals surface area contributed by atoms with Crippen LogP contribution in [0.5, 0.6) is 0 Å². The molecule has 1 aliphatic heterocycles. The number of H-pyrrole nitrogens is 1. The van der Waals surface area contributed by atoms with Gasteiger partial charge in [-0.15, -0.1) is 0 Å². The fourth-order valence-corrected chi connectivity index (χ4v) is 2.98. The highest BCUT2D eigenvalue weighted by atomic mass is 19.1. The Balaban J connectivity index is 1.52. The molecular formula is C20H18FN3O2. The van der Waals surface area contributed by atoms with Crippen molar-refractivity contribution in [3.8, 4) is 22.5 Å². The molecule has 0 unspecified atom stereocenters. The van der Waals surface area contributed by atoms with Crippen LogP contribution in [0.1, 0.15) is 10.4 Å². The van der Waals surface area contributed by atoms with Gasteiger partial charge in [0.15, 0.2) is 0 Å². The molecule has 0 aliphatic carbocycles. The first kappa shape index (κ1) is 16.5. The van der Waals surface area contributed by atoms with Gasteiger partial charge in [-0.05, 0) is 48.0 Å². The molecule has 5 nitrogen and oxygen atoms in total. The number of ether oxygens (including phenoxy) is 1. The van der Waals surface area contributed by atoms with E-state index in [1.807, 2.05) is 30.3 Å². The van der Waals surface area contributed by atoms with Crippen LogP contribution in [0.25, 0.3) is 22.5 Å². The highest BCUT2D eigenvalue weighted by Crippen LogP contribution is 2.24. The number of morpholine rings is 1. The zero-order valence-corrected chi connectivity index (χ0v) is 14.1. The van der Waals surface area contributed by atoms with Gasteiger partial charge in [0.2, 0.25) is 0 Å². The maximum Gasteiger partial charge on any atom is 0.254 e. The first-order chi connectivity index (χ1) is 12.7. The molecule has 2 heterocycles. The van der Waals surface area contributed by atoms with E-state index in [1.165, 1.54) is 12.1 Å². The quantitative estimate of drug-likeness (QED) is 0.787. The number of carbonyl (C=O) groups is 1. The zero-order valence-electron chi connectivity index (χ0n) is 14.1. The normalized spacial score (nSPS) is 14.4. The van der Waals surface area contributed by atoms with Crippen molar-refractivity contribution in [2.24, 2.45) is 0 Å². The maximum absolute atomic E-state index is 13.0. The fourth-order valence-electron chi connectivity index (χ4n) is 2.98. The summed E-state index contributed by atoms with van der Waals surface area (Å²) in [5.41, 5.74) is 4.02. The smallest absolute Gasteiger partial charge is 0.254 e. The molecule has 0 saturated carbocycles. The van der Waals surface area contributed by atoms with Gasteiger partial charge < -0.3 is 9.64 Å². The van der Waals surface area contributed by atoms with E-state index in [-0.39, 0.29) is 11.7 Å². The highest BCUT2D eigenvalue weighted by Gasteiger charge is 2.18. The number of nitrogens with zero attached hydrogens (tertiary/aromatic N) is 2. The third-order valence-corrected chi connectivity index (χ3v) is 4.46. The minimum atomic E-state index is -0.269. The van der Waals surface area contributed by atoms with Gasteiger partial charge in [-0.1, -0.05) is 12.1 Å². The average Bonchev–Trinajstić information content (AvgIpc) is 3.19. The van der Waals surface area contributed by atoms with Crippen LogP contribution in [0.2, 0.25) is 0 Å². The molecule has 1 N–H and O–H groups in total. The summed E-state index contributed by atoms with van der Waals surface area (Å²) in [5, 5.41) is 7.29. The van der Waals surface area contributed by atoms with Crippen molar-refractivity contribution in [1.29, 1.82) is 0 Å². The largest absolute Gasteiger partial charge is 0.378 e. The Labute approximate surface area is 150 Å². The van der Waals surface area contributed by atoms with E-state index in [0.29, 0.717) is 31.9 Å². The Kier molecular flexibility index (Phi) is 4.50. The zero-order chi connectivity index (χ0) is 17.9. The van der Waals surface area contributed by atoms with E-state index in [2.05, 4.69) is 10.2 Å². The predicted molar refractivity (Wildman–Crippen MR) is 96.1 cm³/mol. The van der Waals surface area contributed by atoms with Gasteiger partial charge in [-0.25, -0.2) is 4.39 Å². The van der Waals surface area contributed by atoms with Gasteiger partial charge in [-0.2, -0.15) is 5.10 Å². The van der Waals surface area contributed by atoms with Crippen LogP contribution in [0.15, 0.2) is 54.6 Å². The molecule has 2 aromatic carbocycles. The van der Waals surface area contributed by atoms with Crippen molar-refractivity contribution in [2.75, 3.05) is 26.3 Å². The van der Waals surface area contributed by atoms with Crippen LogP contribution in [0, 0.1) is 5.82 Å². The van der Waals surface area contributed by atoms with Crippen molar-refractivity contribution >= 4 is 5.91 Å². The number of rotatable bonds is 3. The molecule has 0 atom stereocenters. The van der Waals surface area contributed by atoms with Crippen LogP contribution in [0.3, 0.4) is 0 Å². The standard InChI is InChI=1S/C20H18FN3O2/c21-17-7-5-15(6-8-17)19-13-18(22-23-19)14-1-3-16(4-2-14)20(25)24-9-11-26-12-10-24/h1-8,13H,9-12H2,(H,22,23). The van der Waals surface area contributed by atoms with Crippen molar-refractivity contribution in [3.63, 3.8) is 0 Å². The Hall–Kier alpha value is -2.99. The molecule has 1 aromatic heterocycles. The molecule has 1 aliphatic rings. The van der Waals surface area contributed by atoms with Gasteiger partial charge in [-0.3, -0.25) is 9.89 Å². The second-order valence-electron chi connectivity index (χ2n) is 6.16. The van der Waals surface area contributed by atoms with Crippen molar-refractivity contribution in [2.45, 2.75) is 0 Å². The van der Waals surface area contributed by atoms with Crippen LogP contribution >= 0.6 is 0 Å². The monoisotopic (exact) mass is 351 g/mol. The molecule has 1 fully saturated rings. The summed E-state index contributed by atoms with van der Waals surface area (Å²) in [6.07, 6.45) is 0. The molecule has 6 heteroatoms. The number of carbonyl (C=O) groups excluding carboxylic acids is 1. The Bertz CT molecular complexity index is 898. The molecule has 1 saturated heterocycles. The first-order valence-corrected chi connectivity index (χ1v) is 8.49. The summed E-state index contributed by atoms with van der Waals surface area (Å²) < 4.78 is 18.3. The number of nitrogens with one attached hydrogen (secondary N) is 1. The minimum absolute atomic E-state index is 0.0221. The summed E-state index contributed by atoms with van der Waals surface area (Å²) in [4.78, 5) is 14.3. The van der Waals surface area contributed by atoms with Crippen molar-refractivity contribution in [3.05, 3.63) is 66.0 Å². The second kappa shape index (κ2) is 7.09. The lowest BCUT2D eigenvalue weighted by Crippen LogP contribution is -2.40. The van der Waals surface area contributed by atoms with E-state index in [9.17, 15) is 9.18 Å². The fraction of sp³-hybridized carbons (Fsp3) is 0.200. The molecule has 0 spiro atoms. The van der Waals surface area contributed by atoms with Crippen LogP contribution in [0.4, 0.5) is 4.39 Å².